The Balaban J connectivity index is 2.37. The van der Waals surface area contributed by atoms with Crippen LogP contribution in [0.1, 0.15) is 0 Å². The molecule has 0 radical (unpaired) electrons. The molecule has 0 saturated heterocycles. The summed E-state index contributed by atoms with van der Waals surface area (Å²) in [6, 6.07) is 4.35. The average Bonchev–Trinajstić information content (AvgIpc) is 2.30. The van der Waals surface area contributed by atoms with E-state index in [0.29, 0.717) is 5.03 Å². The lowest BCUT2D eigenvalue weighted by atomic mass is 10.4. The van der Waals surface area contributed by atoms with E-state index in [-0.39, 0.29) is 16.5 Å². The summed E-state index contributed by atoms with van der Waals surface area (Å²) in [5.74, 6) is 0.229. The maximum Gasteiger partial charge on any atom is 0.301 e. The summed E-state index contributed by atoms with van der Waals surface area (Å²) in [6.07, 6.45) is 2.91. The Labute approximate surface area is 100 Å². The molecule has 0 fully saturated rings. The van der Waals surface area contributed by atoms with Gasteiger partial charge in [0, 0.05) is 12.3 Å². The van der Waals surface area contributed by atoms with Crippen molar-refractivity contribution in [1.29, 1.82) is 0 Å². The van der Waals surface area contributed by atoms with Gasteiger partial charge in [-0.15, -0.1) is 0 Å². The van der Waals surface area contributed by atoms with Gasteiger partial charge in [-0.1, -0.05) is 0 Å². The zero-order valence-corrected chi connectivity index (χ0v) is 9.29. The number of hydrogen-bond acceptors (Lipinski definition) is 7. The summed E-state index contributed by atoms with van der Waals surface area (Å²) < 4.78 is 0. The van der Waals surface area contributed by atoms with Crippen LogP contribution in [0.15, 0.2) is 40.8 Å². The summed E-state index contributed by atoms with van der Waals surface area (Å²) in [5, 5.41) is 11.6. The summed E-state index contributed by atoms with van der Waals surface area (Å²) in [4.78, 5) is 21.9. The first-order chi connectivity index (χ1) is 8.16. The second-order valence-electron chi connectivity index (χ2n) is 2.97. The van der Waals surface area contributed by atoms with Crippen LogP contribution in [0.25, 0.3) is 0 Å². The molecular formula is C9H7N5O2S. The Kier molecular flexibility index (Phi) is 3.15. The first-order valence-corrected chi connectivity index (χ1v) is 5.33. The van der Waals surface area contributed by atoms with Gasteiger partial charge in [-0.05, 0) is 23.9 Å². The number of anilines is 1. The second kappa shape index (κ2) is 4.74. The molecule has 0 aliphatic heterocycles. The monoisotopic (exact) mass is 249 g/mol. The zero-order chi connectivity index (χ0) is 12.3. The fraction of sp³-hybridized carbons (Fsp3) is 0. The van der Waals surface area contributed by atoms with Crippen LogP contribution in [0.5, 0.6) is 0 Å². The molecule has 0 bridgehead atoms. The largest absolute Gasteiger partial charge is 0.384 e. The molecule has 2 heterocycles. The van der Waals surface area contributed by atoms with Crippen molar-refractivity contribution in [1.82, 2.24) is 15.0 Å². The van der Waals surface area contributed by atoms with Crippen molar-refractivity contribution >= 4 is 23.3 Å². The van der Waals surface area contributed by atoms with Gasteiger partial charge in [0.25, 0.3) is 0 Å². The molecule has 2 aromatic heterocycles. The number of pyridine rings is 1. The molecule has 86 valence electrons. The summed E-state index contributed by atoms with van der Waals surface area (Å²) >= 11 is 1.07. The molecular weight excluding hydrogens is 242 g/mol. The minimum Gasteiger partial charge on any atom is -0.384 e. The normalized spacial score (nSPS) is 10.1. The molecule has 2 rings (SSSR count). The first-order valence-electron chi connectivity index (χ1n) is 4.51. The topological polar surface area (TPSA) is 108 Å². The minimum absolute atomic E-state index is 0.0946. The van der Waals surface area contributed by atoms with Crippen LogP contribution >= 0.6 is 11.8 Å². The van der Waals surface area contributed by atoms with E-state index in [0.717, 1.165) is 11.8 Å². The smallest absolute Gasteiger partial charge is 0.301 e. The average molecular weight is 249 g/mol. The van der Waals surface area contributed by atoms with Crippen molar-refractivity contribution in [3.63, 3.8) is 0 Å². The molecule has 2 N–H and O–H groups in total. The molecule has 8 heteroatoms. The van der Waals surface area contributed by atoms with Crippen molar-refractivity contribution in [3.05, 3.63) is 40.8 Å². The van der Waals surface area contributed by atoms with E-state index in [1.165, 1.54) is 18.5 Å². The quantitative estimate of drug-likeness (QED) is 0.499. The van der Waals surface area contributed by atoms with Crippen molar-refractivity contribution in [2.24, 2.45) is 0 Å². The third kappa shape index (κ3) is 2.67. The highest BCUT2D eigenvalue weighted by molar-refractivity contribution is 7.99. The van der Waals surface area contributed by atoms with Crippen LogP contribution in [0.2, 0.25) is 0 Å². The zero-order valence-electron chi connectivity index (χ0n) is 8.48. The van der Waals surface area contributed by atoms with Gasteiger partial charge in [-0.25, -0.2) is 15.0 Å². The van der Waals surface area contributed by atoms with Gasteiger partial charge in [0.05, 0.1) is 4.92 Å². The fourth-order valence-electron chi connectivity index (χ4n) is 1.10. The lowest BCUT2D eigenvalue weighted by Gasteiger charge is -2.01. The van der Waals surface area contributed by atoms with Gasteiger partial charge in [-0.3, -0.25) is 10.1 Å². The van der Waals surface area contributed by atoms with Crippen LogP contribution in [-0.2, 0) is 0 Å². The van der Waals surface area contributed by atoms with Gasteiger partial charge in [0.1, 0.15) is 17.2 Å². The van der Waals surface area contributed by atoms with E-state index in [9.17, 15) is 10.1 Å². The number of hydrogen-bond donors (Lipinski definition) is 1. The summed E-state index contributed by atoms with van der Waals surface area (Å²) in [5.41, 5.74) is 5.41. The predicted molar refractivity (Wildman–Crippen MR) is 61.5 cm³/mol. The van der Waals surface area contributed by atoms with Crippen LogP contribution in [-0.4, -0.2) is 19.9 Å². The third-order valence-electron chi connectivity index (χ3n) is 1.81. The number of nitro groups is 1. The molecule has 2 aromatic rings. The molecule has 0 saturated carbocycles. The number of nitrogens with two attached hydrogens (primary N) is 1. The molecule has 0 spiro atoms. The Bertz CT molecular complexity index is 548. The SMILES string of the molecule is Nc1ccc([N+](=O)[O-])c(Sc2ccncn2)n1. The van der Waals surface area contributed by atoms with E-state index >= 15 is 0 Å². The van der Waals surface area contributed by atoms with Gasteiger partial charge in [0.15, 0.2) is 5.03 Å². The molecule has 0 aliphatic rings. The predicted octanol–water partition coefficient (Wildman–Crippen LogP) is 1.51. The summed E-state index contributed by atoms with van der Waals surface area (Å²) in [6.45, 7) is 0. The number of aromatic nitrogens is 3. The van der Waals surface area contributed by atoms with Crippen LogP contribution < -0.4 is 5.73 Å². The van der Waals surface area contributed by atoms with E-state index in [2.05, 4.69) is 15.0 Å². The number of rotatable bonds is 3. The first kappa shape index (κ1) is 11.3. The van der Waals surface area contributed by atoms with Gasteiger partial charge >= 0.3 is 5.69 Å². The molecule has 0 aromatic carbocycles. The molecule has 0 atom stereocenters. The maximum atomic E-state index is 10.8. The number of nitrogens with zero attached hydrogens (tertiary/aromatic N) is 4. The fourth-order valence-corrected chi connectivity index (χ4v) is 1.92. The van der Waals surface area contributed by atoms with Crippen LogP contribution in [0, 0.1) is 10.1 Å². The standard InChI is InChI=1S/C9H7N5O2S/c10-7-2-1-6(14(15)16)9(13-7)17-8-3-4-11-5-12-8/h1-5H,(H2,10,13). The van der Waals surface area contributed by atoms with E-state index in [1.807, 2.05) is 0 Å². The minimum atomic E-state index is -0.504. The molecule has 0 amide bonds. The van der Waals surface area contributed by atoms with Crippen molar-refractivity contribution < 1.29 is 4.92 Å². The molecule has 0 unspecified atom stereocenters. The highest BCUT2D eigenvalue weighted by Gasteiger charge is 2.17. The van der Waals surface area contributed by atoms with Crippen molar-refractivity contribution in [3.8, 4) is 0 Å². The van der Waals surface area contributed by atoms with E-state index in [4.69, 9.17) is 5.73 Å². The molecule has 17 heavy (non-hydrogen) atoms. The number of nitrogen functional groups attached to an aromatic ring is 1. The Hall–Kier alpha value is -2.22. The highest BCUT2D eigenvalue weighted by Crippen LogP contribution is 2.32. The van der Waals surface area contributed by atoms with Crippen LogP contribution in [0.3, 0.4) is 0 Å². The third-order valence-corrected chi connectivity index (χ3v) is 2.76. The summed E-state index contributed by atoms with van der Waals surface area (Å²) in [7, 11) is 0. The lowest BCUT2D eigenvalue weighted by Crippen LogP contribution is -1.97. The maximum absolute atomic E-state index is 10.8. The van der Waals surface area contributed by atoms with Crippen molar-refractivity contribution in [2.45, 2.75) is 10.1 Å². The Morgan fingerprint density at radius 2 is 2.18 bits per heavy atom. The Morgan fingerprint density at radius 1 is 1.35 bits per heavy atom. The molecule has 7 nitrogen and oxygen atoms in total. The second-order valence-corrected chi connectivity index (χ2v) is 3.98. The van der Waals surface area contributed by atoms with Gasteiger partial charge in [0.2, 0.25) is 0 Å². The van der Waals surface area contributed by atoms with Crippen LogP contribution in [0.4, 0.5) is 11.5 Å². The van der Waals surface area contributed by atoms with Gasteiger partial charge < -0.3 is 5.73 Å². The lowest BCUT2D eigenvalue weighted by molar-refractivity contribution is -0.388. The highest BCUT2D eigenvalue weighted by atomic mass is 32.2. The van der Waals surface area contributed by atoms with E-state index < -0.39 is 4.92 Å². The molecule has 0 aliphatic carbocycles. The van der Waals surface area contributed by atoms with Crippen molar-refractivity contribution in [2.75, 3.05) is 5.73 Å². The van der Waals surface area contributed by atoms with E-state index in [1.54, 1.807) is 12.3 Å². The Morgan fingerprint density at radius 3 is 2.82 bits per heavy atom. The van der Waals surface area contributed by atoms with Gasteiger partial charge in [-0.2, -0.15) is 0 Å².